The zero-order valence-corrected chi connectivity index (χ0v) is 15.2. The van der Waals surface area contributed by atoms with Gasteiger partial charge in [0.2, 0.25) is 0 Å². The number of aromatic nitrogens is 1. The molecule has 5 nitrogen and oxygen atoms in total. The monoisotopic (exact) mass is 382 g/mol. The first-order valence-corrected chi connectivity index (χ1v) is 8.85. The Labute approximate surface area is 160 Å². The highest BCUT2D eigenvalue weighted by Crippen LogP contribution is 2.32. The van der Waals surface area contributed by atoms with Crippen molar-refractivity contribution in [2.45, 2.75) is 12.5 Å². The predicted molar refractivity (Wildman–Crippen MR) is 109 cm³/mol. The number of para-hydroxylation sites is 1. The van der Waals surface area contributed by atoms with Crippen LogP contribution >= 0.6 is 23.8 Å². The van der Waals surface area contributed by atoms with Crippen molar-refractivity contribution in [3.8, 4) is 0 Å². The fourth-order valence-corrected chi connectivity index (χ4v) is 3.48. The minimum atomic E-state index is -0.341. The van der Waals surface area contributed by atoms with Gasteiger partial charge in [0.1, 0.15) is 0 Å². The van der Waals surface area contributed by atoms with Crippen LogP contribution in [0.3, 0.4) is 0 Å². The van der Waals surface area contributed by atoms with Crippen LogP contribution in [0.4, 0.5) is 0 Å². The molecule has 1 unspecified atom stereocenters. The lowest BCUT2D eigenvalue weighted by atomic mass is 9.98. The molecule has 26 heavy (non-hydrogen) atoms. The molecule has 1 aliphatic rings. The molecule has 3 aromatic rings. The second-order valence-corrected chi connectivity index (χ2v) is 6.95. The quantitative estimate of drug-likeness (QED) is 0.664. The van der Waals surface area contributed by atoms with Gasteiger partial charge >= 0.3 is 0 Å². The second kappa shape index (κ2) is 6.55. The summed E-state index contributed by atoms with van der Waals surface area (Å²) < 4.78 is 0. The van der Waals surface area contributed by atoms with Gasteiger partial charge in [-0.1, -0.05) is 41.9 Å². The number of aromatic amines is 1. The standard InChI is InChI=1S/C19H15ClN4OS/c20-13-7-5-11(6-8-13)16-10-17(24(23-16)19(21)26)14-9-12-3-1-2-4-15(12)22-18(14)25/h1-9,17H,10H2,(H2,21,26)(H,22,25). The Kier molecular flexibility index (Phi) is 4.22. The number of nitrogens with two attached hydrogens (primary N) is 1. The summed E-state index contributed by atoms with van der Waals surface area (Å²) in [4.78, 5) is 15.6. The van der Waals surface area contributed by atoms with Gasteiger partial charge in [0, 0.05) is 22.5 Å². The van der Waals surface area contributed by atoms with Crippen LogP contribution in [-0.2, 0) is 0 Å². The van der Waals surface area contributed by atoms with E-state index in [9.17, 15) is 4.79 Å². The SMILES string of the molecule is NC(=S)N1N=C(c2ccc(Cl)cc2)CC1c1cc2ccccc2[nH]c1=O. The molecule has 0 spiro atoms. The van der Waals surface area contributed by atoms with Gasteiger partial charge in [-0.3, -0.25) is 4.79 Å². The number of rotatable bonds is 2. The number of hydrazone groups is 1. The number of hydrogen-bond donors (Lipinski definition) is 2. The van der Waals surface area contributed by atoms with Gasteiger partial charge in [-0.15, -0.1) is 0 Å². The maximum atomic E-state index is 12.6. The molecule has 7 heteroatoms. The highest BCUT2D eigenvalue weighted by Gasteiger charge is 2.32. The maximum Gasteiger partial charge on any atom is 0.253 e. The molecule has 2 heterocycles. The Morgan fingerprint density at radius 1 is 1.23 bits per heavy atom. The number of pyridine rings is 1. The average molecular weight is 383 g/mol. The van der Waals surface area contributed by atoms with Crippen LogP contribution in [0.1, 0.15) is 23.6 Å². The number of thiocarbonyl (C=S) groups is 1. The first-order valence-electron chi connectivity index (χ1n) is 8.07. The molecule has 0 aliphatic carbocycles. The Balaban J connectivity index is 1.77. The topological polar surface area (TPSA) is 74.5 Å². The largest absolute Gasteiger partial charge is 0.375 e. The minimum Gasteiger partial charge on any atom is -0.375 e. The van der Waals surface area contributed by atoms with E-state index >= 15 is 0 Å². The van der Waals surface area contributed by atoms with E-state index in [-0.39, 0.29) is 16.7 Å². The second-order valence-electron chi connectivity index (χ2n) is 6.10. The molecular weight excluding hydrogens is 368 g/mol. The summed E-state index contributed by atoms with van der Waals surface area (Å²) in [6.45, 7) is 0. The van der Waals surface area contributed by atoms with Gasteiger partial charge in [-0.25, -0.2) is 5.01 Å². The molecule has 0 saturated carbocycles. The summed E-state index contributed by atoms with van der Waals surface area (Å²) >= 11 is 11.1. The van der Waals surface area contributed by atoms with Gasteiger partial charge in [0.25, 0.3) is 5.56 Å². The van der Waals surface area contributed by atoms with Gasteiger partial charge in [-0.2, -0.15) is 5.10 Å². The van der Waals surface area contributed by atoms with Crippen molar-refractivity contribution >= 4 is 45.5 Å². The lowest BCUT2D eigenvalue weighted by Crippen LogP contribution is -2.34. The fraction of sp³-hybridized carbons (Fsp3) is 0.105. The van der Waals surface area contributed by atoms with Crippen LogP contribution in [0, 0.1) is 0 Å². The van der Waals surface area contributed by atoms with Crippen LogP contribution in [0.25, 0.3) is 10.9 Å². The number of hydrogen-bond acceptors (Lipinski definition) is 3. The third-order valence-corrected chi connectivity index (χ3v) is 4.89. The van der Waals surface area contributed by atoms with Crippen molar-refractivity contribution in [3.05, 3.63) is 81.1 Å². The first-order chi connectivity index (χ1) is 12.5. The van der Waals surface area contributed by atoms with E-state index in [1.54, 1.807) is 17.1 Å². The van der Waals surface area contributed by atoms with Gasteiger partial charge in [0.05, 0.1) is 11.8 Å². The van der Waals surface area contributed by atoms with Crippen molar-refractivity contribution in [1.29, 1.82) is 0 Å². The molecule has 0 fully saturated rings. The van der Waals surface area contributed by atoms with Crippen molar-refractivity contribution < 1.29 is 0 Å². The molecule has 0 radical (unpaired) electrons. The molecular formula is C19H15ClN4OS. The van der Waals surface area contributed by atoms with E-state index in [0.717, 1.165) is 22.2 Å². The summed E-state index contributed by atoms with van der Waals surface area (Å²) in [5.41, 5.74) is 8.82. The lowest BCUT2D eigenvalue weighted by Gasteiger charge is -2.21. The van der Waals surface area contributed by atoms with Crippen molar-refractivity contribution in [1.82, 2.24) is 9.99 Å². The molecule has 1 atom stereocenters. The van der Waals surface area contributed by atoms with Crippen molar-refractivity contribution in [2.75, 3.05) is 0 Å². The van der Waals surface area contributed by atoms with E-state index < -0.39 is 0 Å². The molecule has 0 bridgehead atoms. The molecule has 2 aromatic carbocycles. The number of nitrogens with one attached hydrogen (secondary N) is 1. The first kappa shape index (κ1) is 16.8. The van der Waals surface area contributed by atoms with Gasteiger partial charge in [-0.05, 0) is 47.4 Å². The van der Waals surface area contributed by atoms with Crippen LogP contribution < -0.4 is 11.3 Å². The molecule has 4 rings (SSSR count). The molecule has 3 N–H and O–H groups in total. The smallest absolute Gasteiger partial charge is 0.253 e. The van der Waals surface area contributed by atoms with Gasteiger partial charge < -0.3 is 10.7 Å². The number of fused-ring (bicyclic) bond motifs is 1. The number of nitrogens with zero attached hydrogens (tertiary/aromatic N) is 2. The number of halogens is 1. The summed E-state index contributed by atoms with van der Waals surface area (Å²) in [6, 6.07) is 16.6. The normalized spacial score (nSPS) is 16.7. The zero-order chi connectivity index (χ0) is 18.3. The summed E-state index contributed by atoms with van der Waals surface area (Å²) in [7, 11) is 0. The third kappa shape index (κ3) is 2.98. The van der Waals surface area contributed by atoms with Crippen molar-refractivity contribution in [3.63, 3.8) is 0 Å². The van der Waals surface area contributed by atoms with Crippen molar-refractivity contribution in [2.24, 2.45) is 10.8 Å². The van der Waals surface area contributed by atoms with Crippen LogP contribution in [-0.4, -0.2) is 20.8 Å². The molecule has 1 aliphatic heterocycles. The number of benzene rings is 2. The van der Waals surface area contributed by atoms with Gasteiger partial charge in [0.15, 0.2) is 5.11 Å². The predicted octanol–water partition coefficient (Wildman–Crippen LogP) is 3.58. The van der Waals surface area contributed by atoms with E-state index in [2.05, 4.69) is 10.1 Å². The van der Waals surface area contributed by atoms with E-state index in [4.69, 9.17) is 29.6 Å². The maximum absolute atomic E-state index is 12.6. The summed E-state index contributed by atoms with van der Waals surface area (Å²) in [6.07, 6.45) is 0.528. The zero-order valence-electron chi connectivity index (χ0n) is 13.6. The Morgan fingerprint density at radius 2 is 1.96 bits per heavy atom. The summed E-state index contributed by atoms with van der Waals surface area (Å²) in [5, 5.41) is 7.83. The highest BCUT2D eigenvalue weighted by molar-refractivity contribution is 7.80. The molecule has 130 valence electrons. The Morgan fingerprint density at radius 3 is 2.69 bits per heavy atom. The Bertz CT molecular complexity index is 1090. The van der Waals surface area contributed by atoms with Crippen LogP contribution in [0.2, 0.25) is 5.02 Å². The Hall–Kier alpha value is -2.70. The third-order valence-electron chi connectivity index (χ3n) is 4.45. The van der Waals surface area contributed by atoms with Crippen LogP contribution in [0.15, 0.2) is 64.5 Å². The molecule has 0 amide bonds. The minimum absolute atomic E-state index is 0.131. The highest BCUT2D eigenvalue weighted by atomic mass is 35.5. The van der Waals surface area contributed by atoms with E-state index in [1.807, 2.05) is 42.5 Å². The lowest BCUT2D eigenvalue weighted by molar-refractivity contribution is 0.370. The molecule has 1 aromatic heterocycles. The average Bonchev–Trinajstić information content (AvgIpc) is 3.07. The summed E-state index contributed by atoms with van der Waals surface area (Å²) in [5.74, 6) is 0. The van der Waals surface area contributed by atoms with Crippen LogP contribution in [0.5, 0.6) is 0 Å². The molecule has 0 saturated heterocycles. The number of H-pyrrole nitrogens is 1. The van der Waals surface area contributed by atoms with E-state index in [1.165, 1.54) is 0 Å². The van der Waals surface area contributed by atoms with E-state index in [0.29, 0.717) is 17.0 Å². The fourth-order valence-electron chi connectivity index (χ4n) is 3.18.